The number of rotatable bonds is 2. The first-order valence-electron chi connectivity index (χ1n) is 6.26. The van der Waals surface area contributed by atoms with Crippen molar-refractivity contribution in [3.8, 4) is 0 Å². The Hall–Kier alpha value is -2.09. The van der Waals surface area contributed by atoms with Gasteiger partial charge in [0, 0.05) is 20.0 Å². The van der Waals surface area contributed by atoms with Crippen LogP contribution in [0.4, 0.5) is 5.69 Å². The molecule has 8 heteroatoms. The van der Waals surface area contributed by atoms with E-state index in [1.54, 1.807) is 4.68 Å². The number of carbonyl (C=O) groups is 2. The number of fused-ring (bicyclic) bond motifs is 1. The van der Waals surface area contributed by atoms with Crippen molar-refractivity contribution >= 4 is 39.1 Å². The lowest BCUT2D eigenvalue weighted by Crippen LogP contribution is -2.36. The van der Waals surface area contributed by atoms with Crippen LogP contribution in [0.25, 0.3) is 10.2 Å². The van der Waals surface area contributed by atoms with Crippen LogP contribution in [0.2, 0.25) is 0 Å². The fourth-order valence-corrected chi connectivity index (χ4v) is 3.55. The van der Waals surface area contributed by atoms with E-state index >= 15 is 0 Å². The summed E-state index contributed by atoms with van der Waals surface area (Å²) < 4.78 is 1.73. The van der Waals surface area contributed by atoms with Crippen molar-refractivity contribution in [1.29, 1.82) is 0 Å². The van der Waals surface area contributed by atoms with Crippen molar-refractivity contribution < 1.29 is 9.59 Å². The molecule has 0 radical (unpaired) electrons. The van der Waals surface area contributed by atoms with E-state index in [2.05, 4.69) is 15.7 Å². The highest BCUT2D eigenvalue weighted by atomic mass is 32.1. The van der Waals surface area contributed by atoms with Crippen molar-refractivity contribution in [2.45, 2.75) is 19.4 Å². The number of thiophene rings is 1. The largest absolute Gasteiger partial charge is 0.397 e. The quantitative estimate of drug-likeness (QED) is 0.733. The first-order chi connectivity index (χ1) is 9.47. The molecule has 2 amide bonds. The Morgan fingerprint density at radius 3 is 2.95 bits per heavy atom. The molecule has 1 atom stereocenters. The Bertz CT molecular complexity index is 717. The van der Waals surface area contributed by atoms with Gasteiger partial charge in [-0.1, -0.05) is 0 Å². The molecule has 1 saturated heterocycles. The average molecular weight is 293 g/mol. The third kappa shape index (κ3) is 1.92. The van der Waals surface area contributed by atoms with Crippen LogP contribution in [0.5, 0.6) is 0 Å². The maximum Gasteiger partial charge on any atom is 0.263 e. The van der Waals surface area contributed by atoms with Crippen molar-refractivity contribution in [1.82, 2.24) is 20.4 Å². The lowest BCUT2D eigenvalue weighted by atomic mass is 10.2. The second-order valence-electron chi connectivity index (χ2n) is 4.91. The zero-order valence-electron chi connectivity index (χ0n) is 11.2. The van der Waals surface area contributed by atoms with E-state index < -0.39 is 0 Å². The predicted molar refractivity (Wildman–Crippen MR) is 76.6 cm³/mol. The maximum atomic E-state index is 12.3. The highest BCUT2D eigenvalue weighted by Crippen LogP contribution is 2.35. The van der Waals surface area contributed by atoms with Crippen LogP contribution in [0.15, 0.2) is 0 Å². The first-order valence-corrected chi connectivity index (χ1v) is 7.08. The van der Waals surface area contributed by atoms with Gasteiger partial charge in [-0.2, -0.15) is 5.10 Å². The van der Waals surface area contributed by atoms with E-state index in [1.165, 1.54) is 11.3 Å². The zero-order valence-corrected chi connectivity index (χ0v) is 12.0. The Kier molecular flexibility index (Phi) is 2.89. The maximum absolute atomic E-state index is 12.3. The average Bonchev–Trinajstić information content (AvgIpc) is 3.00. The molecule has 1 aliphatic rings. The van der Waals surface area contributed by atoms with Crippen LogP contribution in [0.3, 0.4) is 0 Å². The molecule has 3 heterocycles. The Balaban J connectivity index is 1.90. The summed E-state index contributed by atoms with van der Waals surface area (Å²) in [6.45, 7) is 2.34. The fourth-order valence-electron chi connectivity index (χ4n) is 2.46. The van der Waals surface area contributed by atoms with E-state index in [0.29, 0.717) is 23.5 Å². The third-order valence-electron chi connectivity index (χ3n) is 3.40. The van der Waals surface area contributed by atoms with Gasteiger partial charge in [0.25, 0.3) is 5.91 Å². The van der Waals surface area contributed by atoms with Crippen LogP contribution in [0.1, 0.15) is 21.8 Å². The molecule has 0 aliphatic carbocycles. The summed E-state index contributed by atoms with van der Waals surface area (Å²) in [5.74, 6) is -0.274. The number of aromatic nitrogens is 2. The molecule has 2 aromatic heterocycles. The Labute approximate surface area is 119 Å². The van der Waals surface area contributed by atoms with E-state index in [9.17, 15) is 9.59 Å². The number of aryl methyl sites for hydroxylation is 2. The molecule has 0 bridgehead atoms. The van der Waals surface area contributed by atoms with Gasteiger partial charge in [-0.3, -0.25) is 14.3 Å². The fraction of sp³-hybridized carbons (Fsp3) is 0.417. The molecule has 1 aliphatic heterocycles. The summed E-state index contributed by atoms with van der Waals surface area (Å²) in [6.07, 6.45) is 0.317. The lowest BCUT2D eigenvalue weighted by molar-refractivity contribution is -0.119. The second-order valence-corrected chi connectivity index (χ2v) is 5.91. The number of hydrogen-bond donors (Lipinski definition) is 3. The molecular weight excluding hydrogens is 278 g/mol. The highest BCUT2D eigenvalue weighted by Gasteiger charge is 2.26. The molecule has 7 nitrogen and oxygen atoms in total. The van der Waals surface area contributed by atoms with Crippen LogP contribution in [0, 0.1) is 6.92 Å². The number of anilines is 1. The van der Waals surface area contributed by atoms with Crippen LogP contribution in [-0.4, -0.2) is 34.2 Å². The first kappa shape index (κ1) is 12.9. The van der Waals surface area contributed by atoms with Crippen molar-refractivity contribution in [2.75, 3.05) is 12.3 Å². The summed E-state index contributed by atoms with van der Waals surface area (Å²) >= 11 is 1.32. The van der Waals surface area contributed by atoms with Gasteiger partial charge in [0.2, 0.25) is 5.91 Å². The Morgan fingerprint density at radius 2 is 2.35 bits per heavy atom. The van der Waals surface area contributed by atoms with Gasteiger partial charge in [-0.15, -0.1) is 11.3 Å². The molecule has 0 saturated carbocycles. The third-order valence-corrected chi connectivity index (χ3v) is 4.67. The minimum absolute atomic E-state index is 0.0420. The molecule has 1 unspecified atom stereocenters. The molecular formula is C12H15N5O2S. The van der Waals surface area contributed by atoms with Gasteiger partial charge in [0.05, 0.1) is 22.8 Å². The van der Waals surface area contributed by atoms with Crippen molar-refractivity contribution in [3.05, 3.63) is 10.6 Å². The van der Waals surface area contributed by atoms with Gasteiger partial charge in [-0.05, 0) is 6.92 Å². The molecule has 106 valence electrons. The molecule has 0 spiro atoms. The number of hydrogen-bond acceptors (Lipinski definition) is 5. The van der Waals surface area contributed by atoms with Gasteiger partial charge in [0.1, 0.15) is 9.71 Å². The summed E-state index contributed by atoms with van der Waals surface area (Å²) in [5, 5.41) is 10.6. The van der Waals surface area contributed by atoms with E-state index in [-0.39, 0.29) is 17.9 Å². The van der Waals surface area contributed by atoms with Gasteiger partial charge in [-0.25, -0.2) is 0 Å². The van der Waals surface area contributed by atoms with Gasteiger partial charge in [0.15, 0.2) is 0 Å². The summed E-state index contributed by atoms with van der Waals surface area (Å²) in [7, 11) is 1.83. The lowest BCUT2D eigenvalue weighted by Gasteiger charge is -2.09. The SMILES string of the molecule is Cc1nn(C)c2sc(C(=O)NC3CNC(=O)C3)c(N)c12. The molecule has 1 fully saturated rings. The normalized spacial score (nSPS) is 18.5. The van der Waals surface area contributed by atoms with Crippen LogP contribution in [-0.2, 0) is 11.8 Å². The summed E-state index contributed by atoms with van der Waals surface area (Å²) in [4.78, 5) is 24.8. The number of nitrogens with zero attached hydrogens (tertiary/aromatic N) is 2. The zero-order chi connectivity index (χ0) is 14.4. The number of carbonyl (C=O) groups excluding carboxylic acids is 2. The van der Waals surface area contributed by atoms with E-state index in [1.807, 2.05) is 14.0 Å². The minimum Gasteiger partial charge on any atom is -0.397 e. The number of nitrogens with two attached hydrogens (primary N) is 1. The molecule has 20 heavy (non-hydrogen) atoms. The van der Waals surface area contributed by atoms with Crippen molar-refractivity contribution in [2.24, 2.45) is 7.05 Å². The van der Waals surface area contributed by atoms with Crippen LogP contribution < -0.4 is 16.4 Å². The van der Waals surface area contributed by atoms with Crippen molar-refractivity contribution in [3.63, 3.8) is 0 Å². The Morgan fingerprint density at radius 1 is 1.60 bits per heavy atom. The monoisotopic (exact) mass is 293 g/mol. The van der Waals surface area contributed by atoms with Crippen LogP contribution >= 0.6 is 11.3 Å². The molecule has 2 aromatic rings. The predicted octanol–water partition coefficient (Wildman–Crippen LogP) is 0.144. The number of nitrogen functional groups attached to an aromatic ring is 1. The summed E-state index contributed by atoms with van der Waals surface area (Å²) in [6, 6.07) is -0.168. The topological polar surface area (TPSA) is 102 Å². The molecule has 0 aromatic carbocycles. The highest BCUT2D eigenvalue weighted by molar-refractivity contribution is 7.21. The van der Waals surface area contributed by atoms with E-state index in [0.717, 1.165) is 15.9 Å². The van der Waals surface area contributed by atoms with Gasteiger partial charge < -0.3 is 16.4 Å². The second kappa shape index (κ2) is 4.48. The number of amides is 2. The standard InChI is InChI=1S/C12H15N5O2S/c1-5-8-9(13)10(20-12(8)17(2)16-5)11(19)15-6-3-7(18)14-4-6/h6H,3-4,13H2,1-2H3,(H,14,18)(H,15,19). The minimum atomic E-state index is -0.232. The molecule has 4 N–H and O–H groups in total. The number of nitrogens with one attached hydrogen (secondary N) is 2. The summed E-state index contributed by atoms with van der Waals surface area (Å²) in [5.41, 5.74) is 7.35. The van der Waals surface area contributed by atoms with E-state index in [4.69, 9.17) is 5.73 Å². The smallest absolute Gasteiger partial charge is 0.263 e. The molecule has 3 rings (SSSR count). The van der Waals surface area contributed by atoms with Gasteiger partial charge >= 0.3 is 0 Å².